The first-order valence-electron chi connectivity index (χ1n) is 12.1. The molecule has 1 heterocycles. The van der Waals surface area contributed by atoms with Crippen LogP contribution >= 0.6 is 39.1 Å². The Labute approximate surface area is 233 Å². The summed E-state index contributed by atoms with van der Waals surface area (Å²) in [6.07, 6.45) is -0.0322. The summed E-state index contributed by atoms with van der Waals surface area (Å²) in [4.78, 5) is 39.2. The van der Waals surface area contributed by atoms with Gasteiger partial charge in [0.2, 0.25) is 17.7 Å². The van der Waals surface area contributed by atoms with Crippen LogP contribution in [0.1, 0.15) is 39.8 Å². The van der Waals surface area contributed by atoms with Crippen molar-refractivity contribution in [1.29, 1.82) is 0 Å². The molecule has 1 fully saturated rings. The van der Waals surface area contributed by atoms with E-state index in [2.05, 4.69) is 21.2 Å². The van der Waals surface area contributed by atoms with Gasteiger partial charge in [-0.1, -0.05) is 64.5 Å². The average Bonchev–Trinajstić information content (AvgIpc) is 3.15. The number of nitrogens with zero attached hydrogens (tertiary/aromatic N) is 1. The highest BCUT2D eigenvalue weighted by Gasteiger charge is 2.72. The summed E-state index contributed by atoms with van der Waals surface area (Å²) in [5, 5.41) is 2.88. The van der Waals surface area contributed by atoms with E-state index in [0.29, 0.717) is 5.69 Å². The van der Waals surface area contributed by atoms with Gasteiger partial charge >= 0.3 is 0 Å². The fourth-order valence-electron chi connectivity index (χ4n) is 6.40. The molecular formula is C29H23BrCl2N2O3. The Balaban J connectivity index is 1.32. The van der Waals surface area contributed by atoms with Gasteiger partial charge in [-0.05, 0) is 59.4 Å². The maximum absolute atomic E-state index is 13.8. The molecule has 0 saturated carbocycles. The Kier molecular flexibility index (Phi) is 5.61. The van der Waals surface area contributed by atoms with Crippen molar-refractivity contribution in [3.05, 3.63) is 98.5 Å². The first-order valence-corrected chi connectivity index (χ1v) is 13.6. The number of hydrogen-bond acceptors (Lipinski definition) is 3. The molecule has 0 unspecified atom stereocenters. The number of carbonyl (C=O) groups excluding carboxylic acids is 3. The van der Waals surface area contributed by atoms with Crippen LogP contribution in [0.2, 0.25) is 0 Å². The number of hydrogen-bond donors (Lipinski definition) is 1. The van der Waals surface area contributed by atoms with Gasteiger partial charge in [0.15, 0.2) is 0 Å². The van der Waals surface area contributed by atoms with Gasteiger partial charge in [-0.25, -0.2) is 0 Å². The first kappa shape index (κ1) is 24.7. The van der Waals surface area contributed by atoms with Crippen LogP contribution in [0, 0.1) is 25.7 Å². The van der Waals surface area contributed by atoms with E-state index in [4.69, 9.17) is 23.2 Å². The van der Waals surface area contributed by atoms with E-state index in [1.165, 1.54) is 4.90 Å². The van der Waals surface area contributed by atoms with Crippen molar-refractivity contribution < 1.29 is 14.4 Å². The highest BCUT2D eigenvalue weighted by Crippen LogP contribution is 2.69. The van der Waals surface area contributed by atoms with E-state index in [9.17, 15) is 14.4 Å². The van der Waals surface area contributed by atoms with E-state index in [-0.39, 0.29) is 30.7 Å². The molecular weight excluding hydrogens is 575 g/mol. The summed E-state index contributed by atoms with van der Waals surface area (Å²) < 4.78 is 0.989. The lowest BCUT2D eigenvalue weighted by atomic mass is 9.54. The maximum atomic E-state index is 13.8. The molecule has 4 aliphatic rings. The molecule has 3 aromatic rings. The molecule has 188 valence electrons. The fraction of sp³-hybridized carbons (Fsp3) is 0.276. The smallest absolute Gasteiger partial charge is 0.235 e. The normalized spacial score (nSPS) is 27.1. The van der Waals surface area contributed by atoms with Gasteiger partial charge in [-0.3, -0.25) is 19.3 Å². The lowest BCUT2D eigenvalue weighted by Gasteiger charge is -2.54. The largest absolute Gasteiger partial charge is 0.326 e. The molecule has 3 aromatic carbocycles. The van der Waals surface area contributed by atoms with Crippen LogP contribution in [0.15, 0.2) is 65.1 Å². The molecule has 1 saturated heterocycles. The number of likely N-dealkylation sites (tertiary alicyclic amines) is 1. The minimum Gasteiger partial charge on any atom is -0.326 e. The number of nitrogens with one attached hydrogen (secondary N) is 1. The Bertz CT molecular complexity index is 1380. The number of rotatable bonds is 4. The van der Waals surface area contributed by atoms with E-state index >= 15 is 0 Å². The van der Waals surface area contributed by atoms with Crippen molar-refractivity contribution in [2.24, 2.45) is 11.8 Å². The number of anilines is 1. The molecule has 7 rings (SSSR count). The maximum Gasteiger partial charge on any atom is 0.235 e. The molecule has 2 bridgehead atoms. The zero-order chi connectivity index (χ0) is 26.3. The second-order valence-electron chi connectivity index (χ2n) is 10.0. The van der Waals surface area contributed by atoms with Gasteiger partial charge in [0.1, 0.15) is 9.75 Å². The van der Waals surface area contributed by atoms with Crippen LogP contribution < -0.4 is 5.32 Å². The Morgan fingerprint density at radius 1 is 0.865 bits per heavy atom. The summed E-state index contributed by atoms with van der Waals surface area (Å²) in [6, 6.07) is 18.8. The van der Waals surface area contributed by atoms with Crippen LogP contribution in [0.4, 0.5) is 5.69 Å². The zero-order valence-electron chi connectivity index (χ0n) is 20.1. The highest BCUT2D eigenvalue weighted by atomic mass is 79.9. The van der Waals surface area contributed by atoms with E-state index < -0.39 is 21.6 Å². The van der Waals surface area contributed by atoms with Crippen molar-refractivity contribution in [3.63, 3.8) is 0 Å². The molecule has 3 aliphatic carbocycles. The minimum absolute atomic E-state index is 0.0322. The average molecular weight is 598 g/mol. The van der Waals surface area contributed by atoms with Crippen LogP contribution in [-0.2, 0) is 24.1 Å². The molecule has 8 heteroatoms. The number of halogens is 3. The molecule has 5 nitrogen and oxygen atoms in total. The first-order chi connectivity index (χ1) is 17.6. The Morgan fingerprint density at radius 3 is 1.68 bits per heavy atom. The standard InChI is InChI=1S/C29H23BrCl2N2O3/c1-15-13-17(14-16(2)25(15)30)33-22(35)11-12-34-26(36)23-24(27(34)37)29(32)19-8-4-3-7-18(19)28(23,31)20-9-5-6-10-21(20)29/h3-10,13-14,23-24H,11-12H2,1-2H3,(H,33,35)/t23-,24+,28?,29?. The van der Waals surface area contributed by atoms with Crippen LogP contribution in [0.5, 0.6) is 0 Å². The molecule has 37 heavy (non-hydrogen) atoms. The van der Waals surface area contributed by atoms with Gasteiger partial charge < -0.3 is 5.32 Å². The van der Waals surface area contributed by atoms with Gasteiger partial charge in [0.05, 0.1) is 11.8 Å². The van der Waals surface area contributed by atoms with Crippen LogP contribution in [0.25, 0.3) is 0 Å². The van der Waals surface area contributed by atoms with Crippen molar-refractivity contribution in [2.45, 2.75) is 30.0 Å². The summed E-state index contributed by atoms with van der Waals surface area (Å²) in [6.45, 7) is 3.85. The monoisotopic (exact) mass is 596 g/mol. The van der Waals surface area contributed by atoms with Crippen molar-refractivity contribution in [1.82, 2.24) is 4.90 Å². The van der Waals surface area contributed by atoms with E-state index in [0.717, 1.165) is 37.9 Å². The fourth-order valence-corrected chi connectivity index (χ4v) is 7.73. The van der Waals surface area contributed by atoms with Crippen LogP contribution in [0.3, 0.4) is 0 Å². The number of amides is 3. The summed E-state index contributed by atoms with van der Waals surface area (Å²) >= 11 is 18.4. The Hall–Kier alpha value is -2.67. The lowest BCUT2D eigenvalue weighted by Crippen LogP contribution is -2.57. The molecule has 3 amide bonds. The summed E-state index contributed by atoms with van der Waals surface area (Å²) in [5.41, 5.74) is 5.69. The SMILES string of the molecule is Cc1cc(NC(=O)CCN2C(=O)[C@@H]3[C@H](C2=O)C2(Cl)c4ccccc4C3(Cl)c3ccccc32)cc(C)c1Br. The van der Waals surface area contributed by atoms with Gasteiger partial charge in [0.25, 0.3) is 0 Å². The number of carbonyl (C=O) groups is 3. The molecule has 0 spiro atoms. The molecule has 1 N–H and O–H groups in total. The second-order valence-corrected chi connectivity index (χ2v) is 12.0. The lowest BCUT2D eigenvalue weighted by molar-refractivity contribution is -0.140. The minimum atomic E-state index is -1.22. The van der Waals surface area contributed by atoms with E-state index in [1.807, 2.05) is 74.5 Å². The van der Waals surface area contributed by atoms with Gasteiger partial charge in [-0.15, -0.1) is 23.2 Å². The van der Waals surface area contributed by atoms with Crippen molar-refractivity contribution in [2.75, 3.05) is 11.9 Å². The van der Waals surface area contributed by atoms with Crippen molar-refractivity contribution >= 4 is 62.5 Å². The van der Waals surface area contributed by atoms with E-state index in [1.54, 1.807) is 0 Å². The predicted octanol–water partition coefficient (Wildman–Crippen LogP) is 5.99. The molecule has 0 radical (unpaired) electrons. The Morgan fingerprint density at radius 2 is 1.27 bits per heavy atom. The third kappa shape index (κ3) is 3.25. The second kappa shape index (κ2) is 8.42. The third-order valence-electron chi connectivity index (χ3n) is 7.96. The summed E-state index contributed by atoms with van der Waals surface area (Å²) in [5.74, 6) is -2.77. The van der Waals surface area contributed by atoms with Crippen LogP contribution in [-0.4, -0.2) is 29.2 Å². The molecule has 1 aliphatic heterocycles. The highest BCUT2D eigenvalue weighted by molar-refractivity contribution is 9.10. The third-order valence-corrected chi connectivity index (χ3v) is 10.5. The predicted molar refractivity (Wildman–Crippen MR) is 147 cm³/mol. The van der Waals surface area contributed by atoms with Crippen molar-refractivity contribution in [3.8, 4) is 0 Å². The number of aryl methyl sites for hydroxylation is 2. The quantitative estimate of drug-likeness (QED) is 0.297. The van der Waals surface area contributed by atoms with Gasteiger partial charge in [0, 0.05) is 23.1 Å². The zero-order valence-corrected chi connectivity index (χ0v) is 23.2. The summed E-state index contributed by atoms with van der Waals surface area (Å²) in [7, 11) is 0. The molecule has 0 aromatic heterocycles. The number of imide groups is 1. The topological polar surface area (TPSA) is 66.5 Å². The van der Waals surface area contributed by atoms with Gasteiger partial charge in [-0.2, -0.15) is 0 Å². The molecule has 2 atom stereocenters. The number of alkyl halides is 2. The number of benzene rings is 3.